The van der Waals surface area contributed by atoms with Crippen molar-refractivity contribution in [3.05, 3.63) is 24.0 Å². The Bertz CT molecular complexity index is 1580. The molecule has 0 aliphatic carbocycles. The fourth-order valence-corrected chi connectivity index (χ4v) is 9.12. The van der Waals surface area contributed by atoms with Crippen molar-refractivity contribution in [2.45, 2.75) is 266 Å². The van der Waals surface area contributed by atoms with Crippen LogP contribution in [0.2, 0.25) is 0 Å². The number of aliphatic hydroxyl groups is 1. The van der Waals surface area contributed by atoms with Gasteiger partial charge >= 0.3 is 11.9 Å². The van der Waals surface area contributed by atoms with Gasteiger partial charge in [0.1, 0.15) is 6.04 Å². The molecular weight excluding hydrogens is 937 g/mol. The van der Waals surface area contributed by atoms with Gasteiger partial charge in [-0.05, 0) is 108 Å². The van der Waals surface area contributed by atoms with E-state index in [9.17, 15) is 29.1 Å². The molecule has 0 spiro atoms. The van der Waals surface area contributed by atoms with Crippen LogP contribution in [0.15, 0.2) is 24.0 Å². The Morgan fingerprint density at radius 1 is 0.676 bits per heavy atom. The summed E-state index contributed by atoms with van der Waals surface area (Å²) in [5.41, 5.74) is 19.0. The molecule has 0 bridgehead atoms. The topological polar surface area (TPSA) is 262 Å². The summed E-state index contributed by atoms with van der Waals surface area (Å²) in [4.78, 5) is 66.7. The van der Waals surface area contributed by atoms with Crippen molar-refractivity contribution in [3.8, 4) is 0 Å². The lowest BCUT2D eigenvalue weighted by atomic mass is 9.74. The lowest BCUT2D eigenvalue weighted by Crippen LogP contribution is -2.49. The van der Waals surface area contributed by atoms with E-state index in [4.69, 9.17) is 26.7 Å². The van der Waals surface area contributed by atoms with Gasteiger partial charge in [0.05, 0.1) is 24.0 Å². The second kappa shape index (κ2) is 42.4. The summed E-state index contributed by atoms with van der Waals surface area (Å²) >= 11 is 0. The van der Waals surface area contributed by atoms with E-state index in [1.165, 1.54) is 77.6 Å². The quantitative estimate of drug-likeness (QED) is 0.0120. The Kier molecular flexibility index (Phi) is 40.3. The Morgan fingerprint density at radius 3 is 1.76 bits per heavy atom. The number of amides is 3. The van der Waals surface area contributed by atoms with Gasteiger partial charge in [-0.1, -0.05) is 151 Å². The molecule has 0 saturated carbocycles. The first kappa shape index (κ1) is 70.3. The number of unbranched alkanes of at least 4 members (excludes halogenated alkanes) is 12. The Morgan fingerprint density at radius 2 is 1.22 bits per heavy atom. The van der Waals surface area contributed by atoms with Crippen molar-refractivity contribution < 1.29 is 38.6 Å². The average Bonchev–Trinajstić information content (AvgIpc) is 3.37. The molecule has 16 heteroatoms. The average molecular weight is 1050 g/mol. The normalized spacial score (nSPS) is 16.9. The number of primary amides is 1. The maximum Gasteiger partial charge on any atom is 0.329 e. The highest BCUT2D eigenvalue weighted by atomic mass is 16.6. The third-order valence-electron chi connectivity index (χ3n) is 15.2. The summed E-state index contributed by atoms with van der Waals surface area (Å²) in [6, 6.07) is -1.63. The smallest absolute Gasteiger partial charge is 0.329 e. The molecule has 12 N–H and O–H groups in total. The zero-order valence-electron chi connectivity index (χ0n) is 48.6. The van der Waals surface area contributed by atoms with Crippen LogP contribution in [0.1, 0.15) is 224 Å². The number of ether oxygens (including phenoxy) is 2. The van der Waals surface area contributed by atoms with Crippen molar-refractivity contribution in [3.63, 3.8) is 0 Å². The number of carbonyl (C=O) groups excluding carboxylic acids is 5. The van der Waals surface area contributed by atoms with Gasteiger partial charge in [-0.2, -0.15) is 0 Å². The number of carbonyl (C=O) groups is 5. The number of hydrogen-bond acceptors (Lipinski definition) is 13. The van der Waals surface area contributed by atoms with Gasteiger partial charge in [0, 0.05) is 31.6 Å². The molecule has 12 unspecified atom stereocenters. The van der Waals surface area contributed by atoms with Crippen molar-refractivity contribution in [1.82, 2.24) is 26.6 Å². The largest absolute Gasteiger partial charge is 0.452 e. The van der Waals surface area contributed by atoms with E-state index in [0.29, 0.717) is 64.0 Å². The fourth-order valence-electron chi connectivity index (χ4n) is 9.12. The van der Waals surface area contributed by atoms with Crippen molar-refractivity contribution in [2.24, 2.45) is 46.8 Å². The fraction of sp³-hybridized carbons (Fsp3) is 0.845. The highest BCUT2D eigenvalue weighted by Crippen LogP contribution is 2.34. The van der Waals surface area contributed by atoms with Gasteiger partial charge in [-0.15, -0.1) is 6.58 Å². The van der Waals surface area contributed by atoms with E-state index in [-0.39, 0.29) is 60.7 Å². The van der Waals surface area contributed by atoms with Gasteiger partial charge in [-0.3, -0.25) is 19.2 Å². The van der Waals surface area contributed by atoms with Gasteiger partial charge in [0.2, 0.25) is 5.91 Å². The molecule has 0 rings (SSSR count). The lowest BCUT2D eigenvalue weighted by molar-refractivity contribution is -0.166. The molecule has 0 aromatic carbocycles. The lowest BCUT2D eigenvalue weighted by Gasteiger charge is -2.35. The zero-order chi connectivity index (χ0) is 56.0. The van der Waals surface area contributed by atoms with Crippen LogP contribution in [-0.2, 0) is 33.4 Å². The maximum absolute atomic E-state index is 14.4. The summed E-state index contributed by atoms with van der Waals surface area (Å²) in [5.74, 6) is -3.21. The number of nitrogens with one attached hydrogen (secondary N) is 5. The summed E-state index contributed by atoms with van der Waals surface area (Å²) < 4.78 is 11.6. The summed E-state index contributed by atoms with van der Waals surface area (Å²) in [5, 5.41) is 27.3. The molecule has 0 heterocycles. The Balaban J connectivity index is 5.67. The first-order valence-electron chi connectivity index (χ1n) is 29.2. The van der Waals surface area contributed by atoms with Gasteiger partial charge < -0.3 is 58.4 Å². The van der Waals surface area contributed by atoms with Crippen LogP contribution in [-0.4, -0.2) is 97.0 Å². The van der Waals surface area contributed by atoms with Crippen LogP contribution < -0.4 is 43.8 Å². The second-order valence-corrected chi connectivity index (χ2v) is 21.7. The molecule has 74 heavy (non-hydrogen) atoms. The van der Waals surface area contributed by atoms with E-state index < -0.39 is 54.0 Å². The minimum absolute atomic E-state index is 0.0398. The standard InChI is InChI=1S/C58H112N8O8/c1-13-18-19-20-21-22-23-24-25-26-27-28-29-35-51(68)64-39-44(10)65-47(32-14-2)48(67)38-43(9)45(11)52(40(6)15-3)58(72)74-50(34-31-37-63-54(60)42(8)17-5)56(70)66-46(12)57(71)73-49(55(61)69)33-30-36-62-53(59)41(7)16-4/h14,40,42-50,52,54,62-63,65,67H,2,13,15-39,59-60H2,1,3-12H3,(H2,61,69)(H,64,68)(H,66,70). The van der Waals surface area contributed by atoms with E-state index in [1.54, 1.807) is 6.08 Å². The molecule has 432 valence electrons. The SMILES string of the molecule is C=CCC(NC(C)CNC(=O)CCCCCCCCCCCCCCC)C(O)CC(C)C(C)C(C(=O)OC(CCCNC(N)C(C)CC)C(=O)NC(C)C(=O)OC(CCCNC(N)=C(C)CC)C(N)=O)C(C)CC. The van der Waals surface area contributed by atoms with Crippen molar-refractivity contribution in [2.75, 3.05) is 19.6 Å². The minimum atomic E-state index is -1.25. The molecular formula is C58H112N8O8. The highest BCUT2D eigenvalue weighted by molar-refractivity contribution is 5.89. The Labute approximate surface area is 450 Å². The predicted molar refractivity (Wildman–Crippen MR) is 302 cm³/mol. The second-order valence-electron chi connectivity index (χ2n) is 21.7. The monoisotopic (exact) mass is 1050 g/mol. The van der Waals surface area contributed by atoms with Crippen LogP contribution in [0, 0.1) is 29.6 Å². The maximum atomic E-state index is 14.4. The van der Waals surface area contributed by atoms with E-state index in [2.05, 4.69) is 47.0 Å². The molecule has 3 amide bonds. The number of nitrogens with two attached hydrogens (primary N) is 3. The van der Waals surface area contributed by atoms with Gasteiger partial charge in [0.25, 0.3) is 11.8 Å². The summed E-state index contributed by atoms with van der Waals surface area (Å²) in [6.45, 7) is 27.0. The molecule has 0 fully saturated rings. The van der Waals surface area contributed by atoms with Gasteiger partial charge in [0.15, 0.2) is 12.2 Å². The van der Waals surface area contributed by atoms with Crippen LogP contribution in [0.5, 0.6) is 0 Å². The molecule has 0 aromatic rings. The van der Waals surface area contributed by atoms with E-state index in [0.717, 1.165) is 31.3 Å². The molecule has 0 saturated heterocycles. The summed E-state index contributed by atoms with van der Waals surface area (Å²) in [7, 11) is 0. The van der Waals surface area contributed by atoms with Crippen LogP contribution in [0.4, 0.5) is 0 Å². The van der Waals surface area contributed by atoms with E-state index >= 15 is 0 Å². The Hall–Kier alpha value is -3.73. The molecule has 0 radical (unpaired) electrons. The van der Waals surface area contributed by atoms with Crippen LogP contribution in [0.25, 0.3) is 0 Å². The van der Waals surface area contributed by atoms with Crippen molar-refractivity contribution >= 4 is 29.7 Å². The minimum Gasteiger partial charge on any atom is -0.452 e. The van der Waals surface area contributed by atoms with Gasteiger partial charge in [-0.25, -0.2) is 4.79 Å². The van der Waals surface area contributed by atoms with Crippen molar-refractivity contribution in [1.29, 1.82) is 0 Å². The number of allylic oxidation sites excluding steroid dienone is 1. The molecule has 16 nitrogen and oxygen atoms in total. The number of aliphatic hydroxyl groups excluding tert-OH is 1. The first-order chi connectivity index (χ1) is 35.2. The number of hydrogen-bond donors (Lipinski definition) is 9. The first-order valence-corrected chi connectivity index (χ1v) is 29.2. The molecule has 0 aliphatic heterocycles. The molecule has 0 aromatic heterocycles. The highest BCUT2D eigenvalue weighted by Gasteiger charge is 2.38. The number of rotatable bonds is 47. The summed E-state index contributed by atoms with van der Waals surface area (Å²) in [6.07, 6.45) is 19.5. The zero-order valence-corrected chi connectivity index (χ0v) is 48.6. The van der Waals surface area contributed by atoms with E-state index in [1.807, 2.05) is 55.4 Å². The molecule has 12 atom stereocenters. The van der Waals surface area contributed by atoms with Crippen LogP contribution in [0.3, 0.4) is 0 Å². The third kappa shape index (κ3) is 31.3. The number of esters is 2. The molecule has 0 aliphatic rings. The predicted octanol–water partition coefficient (Wildman–Crippen LogP) is 8.68. The van der Waals surface area contributed by atoms with Crippen LogP contribution >= 0.6 is 0 Å². The third-order valence-corrected chi connectivity index (χ3v) is 15.2.